The summed E-state index contributed by atoms with van der Waals surface area (Å²) in [6, 6.07) is 10.1. The van der Waals surface area contributed by atoms with Crippen LogP contribution in [0.1, 0.15) is 42.3 Å². The van der Waals surface area contributed by atoms with Gasteiger partial charge in [0, 0.05) is 0 Å². The van der Waals surface area contributed by atoms with Crippen molar-refractivity contribution in [3.63, 3.8) is 0 Å². The molecule has 2 nitrogen and oxygen atoms in total. The molecular weight excluding hydrogens is 267 g/mol. The summed E-state index contributed by atoms with van der Waals surface area (Å²) in [4.78, 5) is 11.0. The SMILES string of the molecule is Cc1cc(C(C)(C)C)ccc1Oc1c(F)cccc1C=O. The minimum absolute atomic E-state index is 0.0286. The average molecular weight is 286 g/mol. The molecule has 0 aliphatic heterocycles. The van der Waals surface area contributed by atoms with Crippen LogP contribution in [0, 0.1) is 12.7 Å². The Balaban J connectivity index is 2.40. The van der Waals surface area contributed by atoms with E-state index in [0.717, 1.165) is 5.56 Å². The Morgan fingerprint density at radius 2 is 1.86 bits per heavy atom. The Hall–Kier alpha value is -2.16. The Morgan fingerprint density at radius 3 is 2.43 bits per heavy atom. The molecule has 0 N–H and O–H groups in total. The van der Waals surface area contributed by atoms with Crippen LogP contribution in [0.3, 0.4) is 0 Å². The van der Waals surface area contributed by atoms with E-state index in [0.29, 0.717) is 12.0 Å². The first-order valence-electron chi connectivity index (χ1n) is 6.85. The van der Waals surface area contributed by atoms with E-state index in [9.17, 15) is 9.18 Å². The van der Waals surface area contributed by atoms with Gasteiger partial charge in [0.15, 0.2) is 17.9 Å². The number of rotatable bonds is 3. The van der Waals surface area contributed by atoms with E-state index in [1.807, 2.05) is 25.1 Å². The van der Waals surface area contributed by atoms with Crippen LogP contribution in [0.25, 0.3) is 0 Å². The fraction of sp³-hybridized carbons (Fsp3) is 0.278. The van der Waals surface area contributed by atoms with Gasteiger partial charge in [-0.2, -0.15) is 0 Å². The number of hydrogen-bond donors (Lipinski definition) is 0. The summed E-state index contributed by atoms with van der Waals surface area (Å²) in [6.07, 6.45) is 0.595. The first-order valence-corrected chi connectivity index (χ1v) is 6.85. The second kappa shape index (κ2) is 5.68. The highest BCUT2D eigenvalue weighted by atomic mass is 19.1. The third kappa shape index (κ3) is 3.30. The minimum Gasteiger partial charge on any atom is -0.453 e. The van der Waals surface area contributed by atoms with E-state index >= 15 is 0 Å². The summed E-state index contributed by atoms with van der Waals surface area (Å²) in [5.41, 5.74) is 2.32. The molecule has 0 spiro atoms. The van der Waals surface area contributed by atoms with Gasteiger partial charge in [0.25, 0.3) is 0 Å². The van der Waals surface area contributed by atoms with Crippen molar-refractivity contribution >= 4 is 6.29 Å². The molecule has 2 aromatic carbocycles. The topological polar surface area (TPSA) is 26.3 Å². The summed E-state index contributed by atoms with van der Waals surface area (Å²) in [6.45, 7) is 8.29. The molecule has 21 heavy (non-hydrogen) atoms. The van der Waals surface area contributed by atoms with Gasteiger partial charge in [-0.05, 0) is 41.7 Å². The standard InChI is InChI=1S/C18H19FO2/c1-12-10-14(18(2,3)4)8-9-16(12)21-17-13(11-20)6-5-7-15(17)19/h5-11H,1-4H3. The molecule has 0 radical (unpaired) electrons. The van der Waals surface area contributed by atoms with Crippen molar-refractivity contribution in [3.8, 4) is 11.5 Å². The third-order valence-electron chi connectivity index (χ3n) is 3.38. The lowest BCUT2D eigenvalue weighted by Crippen LogP contribution is -2.11. The van der Waals surface area contributed by atoms with Crippen LogP contribution in [-0.2, 0) is 5.41 Å². The third-order valence-corrected chi connectivity index (χ3v) is 3.38. The van der Waals surface area contributed by atoms with Crippen LogP contribution < -0.4 is 4.74 Å². The van der Waals surface area contributed by atoms with E-state index in [1.165, 1.54) is 23.8 Å². The van der Waals surface area contributed by atoms with Crippen LogP contribution >= 0.6 is 0 Å². The van der Waals surface area contributed by atoms with Crippen molar-refractivity contribution in [1.82, 2.24) is 0 Å². The molecule has 0 saturated heterocycles. The van der Waals surface area contributed by atoms with Crippen molar-refractivity contribution in [3.05, 3.63) is 58.9 Å². The number of carbonyl (C=O) groups is 1. The maximum Gasteiger partial charge on any atom is 0.173 e. The zero-order valence-electron chi connectivity index (χ0n) is 12.7. The van der Waals surface area contributed by atoms with Gasteiger partial charge in [-0.3, -0.25) is 4.79 Å². The fourth-order valence-electron chi connectivity index (χ4n) is 2.07. The van der Waals surface area contributed by atoms with Gasteiger partial charge in [-0.1, -0.05) is 39.0 Å². The molecule has 0 aliphatic rings. The van der Waals surface area contributed by atoms with Gasteiger partial charge >= 0.3 is 0 Å². The first-order chi connectivity index (χ1) is 9.82. The number of para-hydroxylation sites is 1. The molecule has 0 bridgehead atoms. The van der Waals surface area contributed by atoms with Gasteiger partial charge < -0.3 is 4.74 Å². The lowest BCUT2D eigenvalue weighted by Gasteiger charge is -2.20. The first kappa shape index (κ1) is 15.2. The number of benzene rings is 2. The molecule has 110 valence electrons. The predicted molar refractivity (Wildman–Crippen MR) is 81.7 cm³/mol. The molecule has 0 atom stereocenters. The smallest absolute Gasteiger partial charge is 0.173 e. The van der Waals surface area contributed by atoms with Crippen LogP contribution in [0.15, 0.2) is 36.4 Å². The summed E-state index contributed by atoms with van der Waals surface area (Å²) in [7, 11) is 0. The monoisotopic (exact) mass is 286 g/mol. The van der Waals surface area contributed by atoms with E-state index in [1.54, 1.807) is 0 Å². The molecule has 0 aromatic heterocycles. The summed E-state index contributed by atoms with van der Waals surface area (Å²) in [5, 5.41) is 0. The van der Waals surface area contributed by atoms with Crippen LogP contribution in [0.4, 0.5) is 4.39 Å². The van der Waals surface area contributed by atoms with E-state index < -0.39 is 5.82 Å². The van der Waals surface area contributed by atoms with Gasteiger partial charge in [-0.25, -0.2) is 4.39 Å². The minimum atomic E-state index is -0.543. The number of aryl methyl sites for hydroxylation is 1. The fourth-order valence-corrected chi connectivity index (χ4v) is 2.07. The second-order valence-electron chi connectivity index (χ2n) is 6.11. The van der Waals surface area contributed by atoms with Crippen LogP contribution in [0.5, 0.6) is 11.5 Å². The molecule has 0 fully saturated rings. The van der Waals surface area contributed by atoms with E-state index in [4.69, 9.17) is 4.74 Å². The molecule has 2 rings (SSSR count). The molecule has 0 heterocycles. The summed E-state index contributed by atoms with van der Waals surface area (Å²) >= 11 is 0. The maximum atomic E-state index is 13.8. The Labute approximate surface area is 124 Å². The van der Waals surface area contributed by atoms with Crippen molar-refractivity contribution in [2.24, 2.45) is 0 Å². The molecule has 0 unspecified atom stereocenters. The second-order valence-corrected chi connectivity index (χ2v) is 6.11. The zero-order valence-corrected chi connectivity index (χ0v) is 12.7. The highest BCUT2D eigenvalue weighted by Gasteiger charge is 2.16. The zero-order chi connectivity index (χ0) is 15.6. The largest absolute Gasteiger partial charge is 0.453 e. The quantitative estimate of drug-likeness (QED) is 0.739. The van der Waals surface area contributed by atoms with E-state index in [2.05, 4.69) is 20.8 Å². The lowest BCUT2D eigenvalue weighted by atomic mass is 9.86. The van der Waals surface area contributed by atoms with Crippen molar-refractivity contribution < 1.29 is 13.9 Å². The summed E-state index contributed by atoms with van der Waals surface area (Å²) in [5.74, 6) is -0.0193. The normalized spacial score (nSPS) is 11.3. The predicted octanol–water partition coefficient (Wildman–Crippen LogP) is 5.04. The maximum absolute atomic E-state index is 13.8. The Kier molecular flexibility index (Phi) is 4.12. The highest BCUT2D eigenvalue weighted by Crippen LogP contribution is 2.32. The van der Waals surface area contributed by atoms with Gasteiger partial charge in [0.1, 0.15) is 5.75 Å². The number of carbonyl (C=O) groups excluding carboxylic acids is 1. The number of ether oxygens (including phenoxy) is 1. The number of halogens is 1. The van der Waals surface area contributed by atoms with Gasteiger partial charge in [0.2, 0.25) is 0 Å². The van der Waals surface area contributed by atoms with Crippen molar-refractivity contribution in [1.29, 1.82) is 0 Å². The average Bonchev–Trinajstić information content (AvgIpc) is 2.41. The number of hydrogen-bond acceptors (Lipinski definition) is 2. The molecule has 0 saturated carbocycles. The summed E-state index contributed by atoms with van der Waals surface area (Å²) < 4.78 is 19.5. The molecule has 0 aliphatic carbocycles. The van der Waals surface area contributed by atoms with Gasteiger partial charge in [0.05, 0.1) is 5.56 Å². The Morgan fingerprint density at radius 1 is 1.14 bits per heavy atom. The molecule has 0 amide bonds. The Bertz CT molecular complexity index is 669. The van der Waals surface area contributed by atoms with Crippen molar-refractivity contribution in [2.75, 3.05) is 0 Å². The highest BCUT2D eigenvalue weighted by molar-refractivity contribution is 5.79. The van der Waals surface area contributed by atoms with Crippen molar-refractivity contribution in [2.45, 2.75) is 33.1 Å². The molecule has 3 heteroatoms. The van der Waals surface area contributed by atoms with Crippen LogP contribution in [-0.4, -0.2) is 6.29 Å². The number of aldehydes is 1. The van der Waals surface area contributed by atoms with E-state index in [-0.39, 0.29) is 16.7 Å². The van der Waals surface area contributed by atoms with Crippen LogP contribution in [0.2, 0.25) is 0 Å². The molecule has 2 aromatic rings. The molecular formula is C18H19FO2. The lowest BCUT2D eigenvalue weighted by molar-refractivity contribution is 0.112. The van der Waals surface area contributed by atoms with Gasteiger partial charge in [-0.15, -0.1) is 0 Å².